The number of ether oxygens (including phenoxy) is 1. The molecule has 0 fully saturated rings. The Balaban J connectivity index is 2.91. The second kappa shape index (κ2) is 5.23. The lowest BCUT2D eigenvalue weighted by Crippen LogP contribution is -2.32. The third kappa shape index (κ3) is 2.90. The summed E-state index contributed by atoms with van der Waals surface area (Å²) < 4.78 is 54.8. The zero-order valence-corrected chi connectivity index (χ0v) is 9.37. The van der Waals surface area contributed by atoms with Crippen LogP contribution in [0.4, 0.5) is 23.4 Å². The number of hydrogen-bond acceptors (Lipinski definition) is 4. The molecular formula is C9H11F4N3O2. The number of hydrogen-bond donors (Lipinski definition) is 1. The van der Waals surface area contributed by atoms with Crippen molar-refractivity contribution >= 4 is 11.8 Å². The highest BCUT2D eigenvalue weighted by molar-refractivity contribution is 5.92. The number of nitrogen functional groups attached to an aromatic ring is 1. The van der Waals surface area contributed by atoms with E-state index in [9.17, 15) is 22.4 Å². The van der Waals surface area contributed by atoms with Crippen LogP contribution in [0.3, 0.4) is 0 Å². The van der Waals surface area contributed by atoms with Gasteiger partial charge in [0.2, 0.25) is 0 Å². The van der Waals surface area contributed by atoms with Gasteiger partial charge in [-0.15, -0.1) is 0 Å². The number of carbonyl (C=O) groups excluding carboxylic acids is 1. The van der Waals surface area contributed by atoms with E-state index >= 15 is 0 Å². The summed E-state index contributed by atoms with van der Waals surface area (Å²) in [7, 11) is 0. The Kier molecular flexibility index (Phi) is 4.15. The fourth-order valence-corrected chi connectivity index (χ4v) is 1.17. The Bertz CT molecular complexity index is 433. The van der Waals surface area contributed by atoms with E-state index in [4.69, 9.17) is 5.73 Å². The second-order valence-corrected chi connectivity index (χ2v) is 3.39. The van der Waals surface area contributed by atoms with E-state index in [1.54, 1.807) is 0 Å². The molecule has 0 spiro atoms. The van der Waals surface area contributed by atoms with E-state index in [1.165, 1.54) is 6.92 Å². The molecule has 2 N–H and O–H groups in total. The van der Waals surface area contributed by atoms with Crippen molar-refractivity contribution in [3.05, 3.63) is 12.0 Å². The summed E-state index contributed by atoms with van der Waals surface area (Å²) in [5, 5.41) is 0. The van der Waals surface area contributed by atoms with Gasteiger partial charge in [0.1, 0.15) is 5.82 Å². The number of aromatic nitrogens is 2. The van der Waals surface area contributed by atoms with Crippen LogP contribution in [0.2, 0.25) is 0 Å². The van der Waals surface area contributed by atoms with E-state index in [0.29, 0.717) is 4.57 Å². The predicted molar refractivity (Wildman–Crippen MR) is 53.5 cm³/mol. The summed E-state index contributed by atoms with van der Waals surface area (Å²) in [4.78, 5) is 14.7. The molecule has 18 heavy (non-hydrogen) atoms. The first-order valence-electron chi connectivity index (χ1n) is 4.93. The van der Waals surface area contributed by atoms with Crippen LogP contribution in [-0.2, 0) is 11.3 Å². The van der Waals surface area contributed by atoms with Crippen LogP contribution < -0.4 is 5.73 Å². The van der Waals surface area contributed by atoms with Crippen LogP contribution in [0.5, 0.6) is 0 Å². The maximum absolute atomic E-state index is 12.8. The van der Waals surface area contributed by atoms with Crippen molar-refractivity contribution < 1.29 is 27.1 Å². The van der Waals surface area contributed by atoms with Gasteiger partial charge in [0.05, 0.1) is 19.5 Å². The van der Waals surface area contributed by atoms with E-state index in [-0.39, 0.29) is 12.3 Å². The van der Waals surface area contributed by atoms with Crippen LogP contribution in [0, 0.1) is 0 Å². The molecule has 1 aromatic rings. The van der Waals surface area contributed by atoms with E-state index in [1.807, 2.05) is 0 Å². The van der Waals surface area contributed by atoms with Gasteiger partial charge in [-0.05, 0) is 6.92 Å². The summed E-state index contributed by atoms with van der Waals surface area (Å²) in [5.74, 6) is -5.58. The number of esters is 1. The molecule has 0 radical (unpaired) electrons. The van der Waals surface area contributed by atoms with Crippen molar-refractivity contribution in [1.82, 2.24) is 9.55 Å². The molecule has 1 aromatic heterocycles. The van der Waals surface area contributed by atoms with Crippen LogP contribution in [0.25, 0.3) is 0 Å². The zero-order chi connectivity index (χ0) is 13.9. The Morgan fingerprint density at radius 2 is 2.22 bits per heavy atom. The number of nitrogens with two attached hydrogens (primary N) is 1. The summed E-state index contributed by atoms with van der Waals surface area (Å²) in [6.45, 7) is 0.233. The van der Waals surface area contributed by atoms with Crippen molar-refractivity contribution in [1.29, 1.82) is 0 Å². The van der Waals surface area contributed by atoms with E-state index in [2.05, 4.69) is 9.72 Å². The minimum absolute atomic E-state index is 0.0539. The number of carbonyl (C=O) groups is 1. The Hall–Kier alpha value is -1.80. The number of alkyl halides is 4. The second-order valence-electron chi connectivity index (χ2n) is 3.39. The third-order valence-corrected chi connectivity index (χ3v) is 2.05. The zero-order valence-electron chi connectivity index (χ0n) is 9.37. The number of nitrogens with zero attached hydrogens (tertiary/aromatic N) is 2. The molecule has 0 saturated carbocycles. The van der Waals surface area contributed by atoms with Gasteiger partial charge in [-0.25, -0.2) is 18.6 Å². The molecule has 1 heterocycles. The summed E-state index contributed by atoms with van der Waals surface area (Å²) in [5.41, 5.74) is 4.99. The highest BCUT2D eigenvalue weighted by atomic mass is 19.3. The van der Waals surface area contributed by atoms with Gasteiger partial charge in [-0.2, -0.15) is 8.78 Å². The Morgan fingerprint density at radius 3 is 2.72 bits per heavy atom. The van der Waals surface area contributed by atoms with E-state index in [0.717, 1.165) is 6.33 Å². The first-order valence-corrected chi connectivity index (χ1v) is 4.93. The van der Waals surface area contributed by atoms with Crippen LogP contribution >= 0.6 is 0 Å². The van der Waals surface area contributed by atoms with Crippen molar-refractivity contribution in [3.63, 3.8) is 0 Å². The van der Waals surface area contributed by atoms with Gasteiger partial charge in [0.25, 0.3) is 0 Å². The monoisotopic (exact) mass is 269 g/mol. The lowest BCUT2D eigenvalue weighted by molar-refractivity contribution is -0.137. The summed E-state index contributed by atoms with van der Waals surface area (Å²) in [6, 6.07) is 0. The normalized spacial score (nSPS) is 11.9. The molecule has 9 heteroatoms. The minimum atomic E-state index is -4.25. The molecule has 1 rings (SSSR count). The summed E-state index contributed by atoms with van der Waals surface area (Å²) in [6.07, 6.45) is -3.04. The first kappa shape index (κ1) is 14.3. The third-order valence-electron chi connectivity index (χ3n) is 2.05. The highest BCUT2D eigenvalue weighted by Crippen LogP contribution is 2.26. The molecule has 0 bridgehead atoms. The number of rotatable bonds is 5. The number of imidazole rings is 1. The number of anilines is 1. The lowest BCUT2D eigenvalue weighted by atomic mass is 10.3. The highest BCUT2D eigenvalue weighted by Gasteiger charge is 2.41. The van der Waals surface area contributed by atoms with Crippen molar-refractivity contribution in [2.24, 2.45) is 0 Å². The van der Waals surface area contributed by atoms with Crippen molar-refractivity contribution in [2.45, 2.75) is 25.8 Å². The van der Waals surface area contributed by atoms with Crippen molar-refractivity contribution in [2.75, 3.05) is 12.3 Å². The fraction of sp³-hybridized carbons (Fsp3) is 0.556. The van der Waals surface area contributed by atoms with Gasteiger partial charge in [0, 0.05) is 0 Å². The molecule has 0 saturated heterocycles. The molecule has 0 atom stereocenters. The van der Waals surface area contributed by atoms with Crippen molar-refractivity contribution in [3.8, 4) is 0 Å². The molecule has 0 unspecified atom stereocenters. The molecule has 5 nitrogen and oxygen atoms in total. The molecular weight excluding hydrogens is 258 g/mol. The molecule has 0 aromatic carbocycles. The average molecular weight is 269 g/mol. The quantitative estimate of drug-likeness (QED) is 0.650. The van der Waals surface area contributed by atoms with Gasteiger partial charge in [0.15, 0.2) is 5.69 Å². The van der Waals surface area contributed by atoms with E-state index < -0.39 is 30.7 Å². The summed E-state index contributed by atoms with van der Waals surface area (Å²) >= 11 is 0. The Morgan fingerprint density at radius 1 is 1.61 bits per heavy atom. The molecule has 102 valence electrons. The van der Waals surface area contributed by atoms with Gasteiger partial charge < -0.3 is 15.0 Å². The first-order chi connectivity index (χ1) is 8.29. The number of halogens is 4. The predicted octanol–water partition coefficient (Wildman–Crippen LogP) is 1.54. The topological polar surface area (TPSA) is 70.1 Å². The minimum Gasteiger partial charge on any atom is -0.461 e. The maximum Gasteiger partial charge on any atom is 0.360 e. The lowest BCUT2D eigenvalue weighted by Gasteiger charge is -2.16. The van der Waals surface area contributed by atoms with Crippen LogP contribution in [0.1, 0.15) is 17.4 Å². The molecule has 0 amide bonds. The van der Waals surface area contributed by atoms with Gasteiger partial charge in [-0.1, -0.05) is 0 Å². The van der Waals surface area contributed by atoms with Crippen LogP contribution in [-0.4, -0.2) is 34.5 Å². The smallest absolute Gasteiger partial charge is 0.360 e. The van der Waals surface area contributed by atoms with Crippen LogP contribution in [0.15, 0.2) is 6.33 Å². The Labute approximate surface area is 99.5 Å². The molecule has 0 aliphatic heterocycles. The SMILES string of the molecule is CCOC(=O)c1ncn(CC(F)(F)C(F)F)c1N. The maximum atomic E-state index is 12.8. The average Bonchev–Trinajstić information content (AvgIpc) is 2.60. The molecule has 0 aliphatic rings. The molecule has 0 aliphatic carbocycles. The largest absolute Gasteiger partial charge is 0.461 e. The fourth-order valence-electron chi connectivity index (χ4n) is 1.17. The van der Waals surface area contributed by atoms with Gasteiger partial charge >= 0.3 is 18.3 Å². The standard InChI is InChI=1S/C9H11F4N3O2/c1-2-18-7(17)5-6(14)16(4-15-5)3-9(12,13)8(10)11/h4,8H,2-3,14H2,1H3. The van der Waals surface area contributed by atoms with Gasteiger partial charge in [-0.3, -0.25) is 0 Å².